The third-order valence-electron chi connectivity index (χ3n) is 2.79. The Labute approximate surface area is 123 Å². The third-order valence-corrected chi connectivity index (χ3v) is 3.70. The maximum Gasteiger partial charge on any atom is 0.283 e. The van der Waals surface area contributed by atoms with E-state index in [0.717, 1.165) is 5.56 Å². The molecule has 0 amide bonds. The summed E-state index contributed by atoms with van der Waals surface area (Å²) in [6.45, 7) is 1.92. The van der Waals surface area contributed by atoms with Crippen LogP contribution in [0.3, 0.4) is 0 Å². The standard InChI is InChI=1S/C14H11BrFNO3/c1-9-5-6-11(16)7-13(9)20-8-10-3-2-4-12(14(10)15)17(18)19/h2-7H,8H2,1H3. The van der Waals surface area contributed by atoms with E-state index in [1.807, 2.05) is 0 Å². The molecule has 0 aliphatic heterocycles. The summed E-state index contributed by atoms with van der Waals surface area (Å²) in [7, 11) is 0. The SMILES string of the molecule is Cc1ccc(F)cc1OCc1cccc([N+](=O)[O-])c1Br. The highest BCUT2D eigenvalue weighted by Gasteiger charge is 2.15. The molecule has 0 saturated heterocycles. The molecule has 0 fully saturated rings. The summed E-state index contributed by atoms with van der Waals surface area (Å²) < 4.78 is 19.0. The Morgan fingerprint density at radius 1 is 1.35 bits per heavy atom. The highest BCUT2D eigenvalue weighted by molar-refractivity contribution is 9.10. The molecule has 0 heterocycles. The smallest absolute Gasteiger partial charge is 0.283 e. The zero-order chi connectivity index (χ0) is 14.7. The lowest BCUT2D eigenvalue weighted by Crippen LogP contribution is -2.00. The monoisotopic (exact) mass is 339 g/mol. The van der Waals surface area contributed by atoms with Crippen LogP contribution in [0.15, 0.2) is 40.9 Å². The second-order valence-electron chi connectivity index (χ2n) is 4.21. The fourth-order valence-electron chi connectivity index (χ4n) is 1.70. The zero-order valence-electron chi connectivity index (χ0n) is 10.6. The maximum absolute atomic E-state index is 13.1. The van der Waals surface area contributed by atoms with Crippen molar-refractivity contribution in [3.8, 4) is 5.75 Å². The molecule has 2 aromatic rings. The van der Waals surface area contributed by atoms with E-state index in [1.54, 1.807) is 25.1 Å². The van der Waals surface area contributed by atoms with Crippen molar-refractivity contribution in [1.29, 1.82) is 0 Å². The van der Waals surface area contributed by atoms with E-state index in [-0.39, 0.29) is 18.1 Å². The molecular weight excluding hydrogens is 329 g/mol. The summed E-state index contributed by atoms with van der Waals surface area (Å²) in [5, 5.41) is 10.8. The Morgan fingerprint density at radius 3 is 2.80 bits per heavy atom. The first-order valence-electron chi connectivity index (χ1n) is 5.80. The number of hydrogen-bond acceptors (Lipinski definition) is 3. The van der Waals surface area contributed by atoms with Crippen LogP contribution >= 0.6 is 15.9 Å². The third kappa shape index (κ3) is 3.14. The summed E-state index contributed by atoms with van der Waals surface area (Å²) in [6, 6.07) is 8.96. The molecule has 2 rings (SSSR count). The van der Waals surface area contributed by atoms with Crippen LogP contribution in [0.2, 0.25) is 0 Å². The van der Waals surface area contributed by atoms with Crippen molar-refractivity contribution in [3.05, 3.63) is 67.9 Å². The van der Waals surface area contributed by atoms with Crippen LogP contribution in [0.25, 0.3) is 0 Å². The molecule has 0 N–H and O–H groups in total. The van der Waals surface area contributed by atoms with Gasteiger partial charge in [0.05, 0.1) is 4.92 Å². The summed E-state index contributed by atoms with van der Waals surface area (Å²) in [6.07, 6.45) is 0. The molecule has 0 aromatic heterocycles. The van der Waals surface area contributed by atoms with E-state index >= 15 is 0 Å². The quantitative estimate of drug-likeness (QED) is 0.613. The van der Waals surface area contributed by atoms with Gasteiger partial charge in [0.15, 0.2) is 0 Å². The molecule has 104 valence electrons. The topological polar surface area (TPSA) is 52.4 Å². The van der Waals surface area contributed by atoms with E-state index in [9.17, 15) is 14.5 Å². The Hall–Kier alpha value is -1.95. The van der Waals surface area contributed by atoms with Gasteiger partial charge in [-0.15, -0.1) is 0 Å². The minimum absolute atomic E-state index is 0.0259. The molecule has 0 spiro atoms. The minimum Gasteiger partial charge on any atom is -0.488 e. The van der Waals surface area contributed by atoms with Crippen LogP contribution in [0.5, 0.6) is 5.75 Å². The van der Waals surface area contributed by atoms with E-state index in [4.69, 9.17) is 4.74 Å². The summed E-state index contributed by atoms with van der Waals surface area (Å²) in [5.41, 5.74) is 1.40. The molecule has 2 aromatic carbocycles. The van der Waals surface area contributed by atoms with E-state index in [2.05, 4.69) is 15.9 Å². The molecule has 0 saturated carbocycles. The number of benzene rings is 2. The van der Waals surface area contributed by atoms with Gasteiger partial charge < -0.3 is 4.74 Å². The van der Waals surface area contributed by atoms with Crippen molar-refractivity contribution in [2.24, 2.45) is 0 Å². The molecule has 4 nitrogen and oxygen atoms in total. The first kappa shape index (κ1) is 14.5. The largest absolute Gasteiger partial charge is 0.488 e. The van der Waals surface area contributed by atoms with Gasteiger partial charge in [-0.3, -0.25) is 10.1 Å². The molecule has 20 heavy (non-hydrogen) atoms. The highest BCUT2D eigenvalue weighted by Crippen LogP contribution is 2.29. The van der Waals surface area contributed by atoms with Gasteiger partial charge >= 0.3 is 0 Å². The van der Waals surface area contributed by atoms with Crippen LogP contribution in [0.1, 0.15) is 11.1 Å². The first-order chi connectivity index (χ1) is 9.49. The van der Waals surface area contributed by atoms with Crippen molar-refractivity contribution >= 4 is 21.6 Å². The fraction of sp³-hybridized carbons (Fsp3) is 0.143. The van der Waals surface area contributed by atoms with Crippen molar-refractivity contribution in [2.75, 3.05) is 0 Å². The Balaban J connectivity index is 2.21. The normalized spacial score (nSPS) is 10.3. The molecule has 0 unspecified atom stereocenters. The molecule has 0 aliphatic carbocycles. The lowest BCUT2D eigenvalue weighted by molar-refractivity contribution is -0.385. The van der Waals surface area contributed by atoms with Gasteiger partial charge in [0, 0.05) is 17.7 Å². The van der Waals surface area contributed by atoms with Crippen molar-refractivity contribution in [3.63, 3.8) is 0 Å². The van der Waals surface area contributed by atoms with Crippen LogP contribution in [-0.4, -0.2) is 4.92 Å². The van der Waals surface area contributed by atoms with Crippen LogP contribution < -0.4 is 4.74 Å². The van der Waals surface area contributed by atoms with Gasteiger partial charge in [-0.25, -0.2) is 4.39 Å². The summed E-state index contributed by atoms with van der Waals surface area (Å²) in [5.74, 6) is 0.0344. The average molecular weight is 340 g/mol. The second kappa shape index (κ2) is 6.00. The number of ether oxygens (including phenoxy) is 1. The van der Waals surface area contributed by atoms with Crippen LogP contribution in [0, 0.1) is 22.9 Å². The predicted molar refractivity (Wildman–Crippen MR) is 76.3 cm³/mol. The Bertz CT molecular complexity index is 661. The molecule has 0 atom stereocenters. The minimum atomic E-state index is -0.471. The number of rotatable bonds is 4. The lowest BCUT2D eigenvalue weighted by atomic mass is 10.2. The summed E-state index contributed by atoms with van der Waals surface area (Å²) in [4.78, 5) is 10.4. The number of nitro groups is 1. The number of nitrogens with zero attached hydrogens (tertiary/aromatic N) is 1. The summed E-state index contributed by atoms with van der Waals surface area (Å²) >= 11 is 3.19. The van der Waals surface area contributed by atoms with Crippen molar-refractivity contribution in [2.45, 2.75) is 13.5 Å². The first-order valence-corrected chi connectivity index (χ1v) is 6.59. The Kier molecular flexibility index (Phi) is 4.34. The van der Waals surface area contributed by atoms with E-state index in [1.165, 1.54) is 18.2 Å². The maximum atomic E-state index is 13.1. The number of halogens is 2. The lowest BCUT2D eigenvalue weighted by Gasteiger charge is -2.10. The fourth-order valence-corrected chi connectivity index (χ4v) is 2.23. The molecule has 0 aliphatic rings. The second-order valence-corrected chi connectivity index (χ2v) is 5.00. The van der Waals surface area contributed by atoms with Gasteiger partial charge in [0.2, 0.25) is 0 Å². The predicted octanol–water partition coefficient (Wildman–Crippen LogP) is 4.38. The number of hydrogen-bond donors (Lipinski definition) is 0. The zero-order valence-corrected chi connectivity index (χ0v) is 12.2. The van der Waals surface area contributed by atoms with Gasteiger partial charge in [-0.2, -0.15) is 0 Å². The highest BCUT2D eigenvalue weighted by atomic mass is 79.9. The Morgan fingerprint density at radius 2 is 2.10 bits per heavy atom. The van der Waals surface area contributed by atoms with Crippen LogP contribution in [0.4, 0.5) is 10.1 Å². The van der Waals surface area contributed by atoms with Gasteiger partial charge in [0.1, 0.15) is 22.6 Å². The van der Waals surface area contributed by atoms with E-state index < -0.39 is 4.92 Å². The number of nitro benzene ring substituents is 1. The average Bonchev–Trinajstić information content (AvgIpc) is 2.41. The van der Waals surface area contributed by atoms with Gasteiger partial charge in [-0.05, 0) is 34.5 Å². The van der Waals surface area contributed by atoms with Gasteiger partial charge in [-0.1, -0.05) is 18.2 Å². The molecular formula is C14H11BrFNO3. The van der Waals surface area contributed by atoms with Gasteiger partial charge in [0.25, 0.3) is 5.69 Å². The van der Waals surface area contributed by atoms with Crippen LogP contribution in [-0.2, 0) is 6.61 Å². The molecule has 0 radical (unpaired) electrons. The molecule has 6 heteroatoms. The number of aryl methyl sites for hydroxylation is 1. The molecule has 0 bridgehead atoms. The van der Waals surface area contributed by atoms with E-state index in [0.29, 0.717) is 15.8 Å². The van der Waals surface area contributed by atoms with Crippen molar-refractivity contribution < 1.29 is 14.1 Å². The van der Waals surface area contributed by atoms with Crippen molar-refractivity contribution in [1.82, 2.24) is 0 Å².